The smallest absolute Gasteiger partial charge is 0.335 e. The van der Waals surface area contributed by atoms with Gasteiger partial charge in [0.15, 0.2) is 0 Å². The topological polar surface area (TPSA) is 57.5 Å². The van der Waals surface area contributed by atoms with E-state index in [1.807, 2.05) is 12.1 Å². The summed E-state index contributed by atoms with van der Waals surface area (Å²) in [6.45, 7) is 9.74. The Labute approximate surface area is 179 Å². The molecule has 0 saturated heterocycles. The first-order valence-corrected chi connectivity index (χ1v) is 11.7. The van der Waals surface area contributed by atoms with Gasteiger partial charge in [-0.1, -0.05) is 90.2 Å². The maximum atomic E-state index is 11.0. The van der Waals surface area contributed by atoms with Crippen LogP contribution in [-0.4, -0.2) is 21.8 Å². The van der Waals surface area contributed by atoms with E-state index in [2.05, 4.69) is 13.8 Å². The van der Waals surface area contributed by atoms with Crippen LogP contribution in [0.2, 0.25) is 0 Å². The lowest BCUT2D eigenvalue weighted by Gasteiger charge is -2.18. The predicted octanol–water partition coefficient (Wildman–Crippen LogP) is 7.97. The van der Waals surface area contributed by atoms with Gasteiger partial charge in [-0.15, -0.1) is 0 Å². The van der Waals surface area contributed by atoms with E-state index >= 15 is 0 Å². The third-order valence-electron chi connectivity index (χ3n) is 4.94. The molecular weight excluding hydrogens is 360 g/mol. The number of carboxylic acid groups (broad SMARTS) is 1. The van der Waals surface area contributed by atoms with Crippen LogP contribution in [0.1, 0.15) is 134 Å². The minimum Gasteiger partial charge on any atom is -0.478 e. The Morgan fingerprint density at radius 1 is 0.793 bits per heavy atom. The van der Waals surface area contributed by atoms with E-state index in [4.69, 9.17) is 10.2 Å². The molecule has 0 aliphatic carbocycles. The Morgan fingerprint density at radius 2 is 1.17 bits per heavy atom. The molecule has 1 aromatic rings. The lowest BCUT2D eigenvalue weighted by Crippen LogP contribution is -2.10. The molecule has 3 heteroatoms. The molecule has 0 spiro atoms. The van der Waals surface area contributed by atoms with Gasteiger partial charge in [0, 0.05) is 0 Å². The largest absolute Gasteiger partial charge is 0.478 e. The van der Waals surface area contributed by atoms with E-state index in [1.54, 1.807) is 32.9 Å². The van der Waals surface area contributed by atoms with Gasteiger partial charge in [-0.3, -0.25) is 0 Å². The fourth-order valence-electron chi connectivity index (χ4n) is 3.36. The number of hydrogen-bond acceptors (Lipinski definition) is 2. The molecule has 168 valence electrons. The number of aromatic carboxylic acids is 1. The van der Waals surface area contributed by atoms with Crippen molar-refractivity contribution in [3.05, 3.63) is 35.4 Å². The molecule has 0 radical (unpaired) electrons. The first kappa shape index (κ1) is 27.6. The Bertz CT molecular complexity index is 494. The second-order valence-electron chi connectivity index (χ2n) is 9.20. The van der Waals surface area contributed by atoms with Crippen molar-refractivity contribution in [3.8, 4) is 0 Å². The number of benzene rings is 1. The van der Waals surface area contributed by atoms with Crippen LogP contribution in [0.4, 0.5) is 0 Å². The van der Waals surface area contributed by atoms with Gasteiger partial charge < -0.3 is 10.2 Å². The van der Waals surface area contributed by atoms with Crippen LogP contribution in [0.3, 0.4) is 0 Å². The molecule has 0 aliphatic rings. The molecule has 0 heterocycles. The molecule has 0 bridgehead atoms. The maximum Gasteiger partial charge on any atom is 0.335 e. The van der Waals surface area contributed by atoms with E-state index in [-0.39, 0.29) is 0 Å². The number of rotatable bonds is 14. The van der Waals surface area contributed by atoms with Gasteiger partial charge in [0.1, 0.15) is 0 Å². The van der Waals surface area contributed by atoms with Gasteiger partial charge in [-0.05, 0) is 57.2 Å². The fourth-order valence-corrected chi connectivity index (χ4v) is 3.36. The highest BCUT2D eigenvalue weighted by Gasteiger charge is 2.12. The Kier molecular flexibility index (Phi) is 15.7. The maximum absolute atomic E-state index is 11.0. The van der Waals surface area contributed by atoms with Crippen LogP contribution >= 0.6 is 0 Å². The summed E-state index contributed by atoms with van der Waals surface area (Å²) < 4.78 is 0. The molecule has 3 nitrogen and oxygen atoms in total. The standard InChI is InChI=1S/C22H36O2.C4H10O/c1-3-5-7-9-11-13-19(14-12-10-8-6-4-2)20-15-17-21(18-16-20)22(23)24;1-4(2,3)5/h15-19H,3-14H2,1-2H3,(H,23,24);5H,1-3H3. The molecule has 0 unspecified atom stereocenters. The highest BCUT2D eigenvalue weighted by Crippen LogP contribution is 2.29. The minimum atomic E-state index is -0.836. The first-order chi connectivity index (χ1) is 13.7. The van der Waals surface area contributed by atoms with Crippen molar-refractivity contribution in [3.63, 3.8) is 0 Å². The third-order valence-corrected chi connectivity index (χ3v) is 4.94. The van der Waals surface area contributed by atoms with Crippen LogP contribution in [-0.2, 0) is 0 Å². The van der Waals surface area contributed by atoms with Crippen LogP contribution in [0.25, 0.3) is 0 Å². The minimum absolute atomic E-state index is 0.392. The van der Waals surface area contributed by atoms with Crippen LogP contribution in [0.15, 0.2) is 24.3 Å². The molecule has 0 aliphatic heterocycles. The van der Waals surface area contributed by atoms with Crippen molar-refractivity contribution >= 4 is 5.97 Å². The molecular formula is C26H46O3. The van der Waals surface area contributed by atoms with E-state index < -0.39 is 11.6 Å². The van der Waals surface area contributed by atoms with Crippen LogP contribution in [0.5, 0.6) is 0 Å². The Morgan fingerprint density at radius 3 is 1.52 bits per heavy atom. The number of carboxylic acids is 1. The van der Waals surface area contributed by atoms with Gasteiger partial charge in [0.25, 0.3) is 0 Å². The van der Waals surface area contributed by atoms with Crippen molar-refractivity contribution in [1.82, 2.24) is 0 Å². The molecule has 0 saturated carbocycles. The van der Waals surface area contributed by atoms with E-state index in [0.717, 1.165) is 0 Å². The molecule has 1 rings (SSSR count). The Hall–Kier alpha value is -1.35. The molecule has 0 aromatic heterocycles. The Balaban J connectivity index is 0.00000139. The van der Waals surface area contributed by atoms with Crippen molar-refractivity contribution in [2.45, 2.75) is 123 Å². The van der Waals surface area contributed by atoms with E-state index in [9.17, 15) is 4.79 Å². The first-order valence-electron chi connectivity index (χ1n) is 11.7. The zero-order valence-electron chi connectivity index (χ0n) is 19.7. The van der Waals surface area contributed by atoms with E-state index in [1.165, 1.54) is 82.6 Å². The number of hydrogen-bond donors (Lipinski definition) is 2. The van der Waals surface area contributed by atoms with Crippen molar-refractivity contribution in [2.75, 3.05) is 0 Å². The van der Waals surface area contributed by atoms with Crippen molar-refractivity contribution in [1.29, 1.82) is 0 Å². The summed E-state index contributed by atoms with van der Waals surface area (Å²) in [7, 11) is 0. The normalized spacial score (nSPS) is 11.3. The zero-order valence-corrected chi connectivity index (χ0v) is 19.7. The second-order valence-corrected chi connectivity index (χ2v) is 9.20. The van der Waals surface area contributed by atoms with E-state index in [0.29, 0.717) is 11.5 Å². The molecule has 1 aromatic carbocycles. The number of unbranched alkanes of at least 4 members (excludes halogenated alkanes) is 8. The molecule has 29 heavy (non-hydrogen) atoms. The fraction of sp³-hybridized carbons (Fsp3) is 0.731. The zero-order chi connectivity index (χ0) is 22.1. The lowest BCUT2D eigenvalue weighted by molar-refractivity contribution is 0.0696. The monoisotopic (exact) mass is 406 g/mol. The number of carbonyl (C=O) groups is 1. The summed E-state index contributed by atoms with van der Waals surface area (Å²) in [4.78, 5) is 11.0. The molecule has 2 N–H and O–H groups in total. The summed E-state index contributed by atoms with van der Waals surface area (Å²) in [5.41, 5.74) is 1.22. The second kappa shape index (κ2) is 16.4. The van der Waals surface area contributed by atoms with Crippen LogP contribution in [0, 0.1) is 0 Å². The van der Waals surface area contributed by atoms with Gasteiger partial charge in [0.05, 0.1) is 11.2 Å². The highest BCUT2D eigenvalue weighted by atomic mass is 16.4. The van der Waals surface area contributed by atoms with Crippen LogP contribution < -0.4 is 0 Å². The quantitative estimate of drug-likeness (QED) is 0.308. The molecule has 0 fully saturated rings. The van der Waals surface area contributed by atoms with Gasteiger partial charge >= 0.3 is 5.97 Å². The summed E-state index contributed by atoms with van der Waals surface area (Å²) in [6.07, 6.45) is 15.7. The average molecular weight is 407 g/mol. The summed E-state index contributed by atoms with van der Waals surface area (Å²) in [5, 5.41) is 17.6. The van der Waals surface area contributed by atoms with Crippen molar-refractivity contribution in [2.24, 2.45) is 0 Å². The molecule has 0 amide bonds. The van der Waals surface area contributed by atoms with Crippen molar-refractivity contribution < 1.29 is 15.0 Å². The number of aliphatic hydroxyl groups is 1. The van der Waals surface area contributed by atoms with Gasteiger partial charge in [-0.25, -0.2) is 4.79 Å². The summed E-state index contributed by atoms with van der Waals surface area (Å²) in [5.74, 6) is -0.242. The summed E-state index contributed by atoms with van der Waals surface area (Å²) >= 11 is 0. The predicted molar refractivity (Wildman–Crippen MR) is 125 cm³/mol. The highest BCUT2D eigenvalue weighted by molar-refractivity contribution is 5.87. The third kappa shape index (κ3) is 17.2. The SMILES string of the molecule is CC(C)(C)O.CCCCCCCC(CCCCCCC)c1ccc(C(=O)O)cc1. The summed E-state index contributed by atoms with van der Waals surface area (Å²) in [6, 6.07) is 7.59. The van der Waals surface area contributed by atoms with Gasteiger partial charge in [0.2, 0.25) is 0 Å². The average Bonchev–Trinajstić information content (AvgIpc) is 2.65. The molecule has 0 atom stereocenters. The lowest BCUT2D eigenvalue weighted by atomic mass is 9.87. The van der Waals surface area contributed by atoms with Gasteiger partial charge in [-0.2, -0.15) is 0 Å².